The van der Waals surface area contributed by atoms with Crippen LogP contribution in [0.1, 0.15) is 34.8 Å². The van der Waals surface area contributed by atoms with E-state index in [0.717, 1.165) is 19.5 Å². The van der Waals surface area contributed by atoms with Crippen LogP contribution in [0, 0.1) is 0 Å². The summed E-state index contributed by atoms with van der Waals surface area (Å²) in [6.07, 6.45) is 1.49. The predicted octanol–water partition coefficient (Wildman–Crippen LogP) is 0.850. The van der Waals surface area contributed by atoms with Crippen molar-refractivity contribution in [2.45, 2.75) is 31.9 Å². The van der Waals surface area contributed by atoms with Crippen LogP contribution in [-0.4, -0.2) is 43.4 Å². The number of carbonyl (C=O) groups excluding carboxylic acids is 1. The second-order valence-electron chi connectivity index (χ2n) is 5.83. The Bertz CT molecular complexity index is 500. The van der Waals surface area contributed by atoms with Crippen LogP contribution in [0.25, 0.3) is 0 Å². The largest absolute Gasteiger partial charge is 0.388 e. The van der Waals surface area contributed by atoms with Gasteiger partial charge in [-0.15, -0.1) is 0 Å². The number of hydrogen-bond acceptors (Lipinski definition) is 4. The van der Waals surface area contributed by atoms with Gasteiger partial charge in [-0.25, -0.2) is 0 Å². The van der Waals surface area contributed by atoms with Gasteiger partial charge in [0, 0.05) is 38.8 Å². The number of ether oxygens (including phenoxy) is 1. The van der Waals surface area contributed by atoms with Gasteiger partial charge in [-0.05, 0) is 43.1 Å². The first kappa shape index (κ1) is 15.9. The van der Waals surface area contributed by atoms with Gasteiger partial charge in [-0.3, -0.25) is 4.79 Å². The summed E-state index contributed by atoms with van der Waals surface area (Å²) in [6.45, 7) is 4.17. The number of hydrogen-bond donors (Lipinski definition) is 3. The number of methoxy groups -OCH3 is 1. The maximum Gasteiger partial charge on any atom is 0.251 e. The zero-order chi connectivity index (χ0) is 15.3. The molecular weight excluding hydrogens is 268 g/mol. The lowest BCUT2D eigenvalue weighted by molar-refractivity contribution is 0.0243. The monoisotopic (exact) mass is 292 g/mol. The molecule has 0 fully saturated rings. The fourth-order valence-electron chi connectivity index (χ4n) is 2.40. The minimum absolute atomic E-state index is 0.152. The Kier molecular flexibility index (Phi) is 5.33. The van der Waals surface area contributed by atoms with Crippen molar-refractivity contribution in [1.82, 2.24) is 10.6 Å². The number of amides is 1. The first-order valence-corrected chi connectivity index (χ1v) is 7.34. The summed E-state index contributed by atoms with van der Waals surface area (Å²) in [5, 5.41) is 16.2. The number of benzene rings is 1. The molecule has 1 amide bonds. The van der Waals surface area contributed by atoms with E-state index in [1.807, 2.05) is 18.2 Å². The van der Waals surface area contributed by atoms with Crippen LogP contribution in [0.2, 0.25) is 0 Å². The number of carbonyl (C=O) groups is 1. The fourth-order valence-corrected chi connectivity index (χ4v) is 2.40. The van der Waals surface area contributed by atoms with Crippen molar-refractivity contribution in [3.63, 3.8) is 0 Å². The van der Waals surface area contributed by atoms with Crippen molar-refractivity contribution in [2.24, 2.45) is 0 Å². The summed E-state index contributed by atoms with van der Waals surface area (Å²) in [5.41, 5.74) is 2.17. The highest BCUT2D eigenvalue weighted by Crippen LogP contribution is 2.16. The summed E-state index contributed by atoms with van der Waals surface area (Å²) >= 11 is 0. The van der Waals surface area contributed by atoms with Crippen LogP contribution in [0.3, 0.4) is 0 Å². The van der Waals surface area contributed by atoms with E-state index in [1.165, 1.54) is 11.1 Å². The average molecular weight is 292 g/mol. The highest BCUT2D eigenvalue weighted by molar-refractivity contribution is 5.94. The molecule has 1 unspecified atom stereocenters. The summed E-state index contributed by atoms with van der Waals surface area (Å²) < 4.78 is 4.95. The van der Waals surface area contributed by atoms with Crippen LogP contribution in [-0.2, 0) is 17.7 Å². The zero-order valence-corrected chi connectivity index (χ0v) is 12.7. The van der Waals surface area contributed by atoms with Gasteiger partial charge in [-0.1, -0.05) is 6.07 Å². The molecule has 1 atom stereocenters. The van der Waals surface area contributed by atoms with Gasteiger partial charge in [0.15, 0.2) is 0 Å². The van der Waals surface area contributed by atoms with Gasteiger partial charge >= 0.3 is 0 Å². The molecular formula is C16H24N2O3. The molecule has 0 radical (unpaired) electrons. The third-order valence-electron chi connectivity index (χ3n) is 3.83. The van der Waals surface area contributed by atoms with Crippen LogP contribution < -0.4 is 10.6 Å². The highest BCUT2D eigenvalue weighted by Gasteiger charge is 2.21. The number of aliphatic hydroxyl groups is 1. The molecule has 0 spiro atoms. The molecule has 1 aromatic carbocycles. The van der Waals surface area contributed by atoms with E-state index in [2.05, 4.69) is 10.6 Å². The standard InChI is InChI=1S/C16H24N2O3/c1-16(20,6-8-21-2)11-18-15(19)13-4-3-12-5-7-17-10-14(12)9-13/h3-4,9,17,20H,5-8,10-11H2,1-2H3,(H,18,19). The Morgan fingerprint density at radius 2 is 2.29 bits per heavy atom. The Labute approximate surface area is 125 Å². The molecule has 0 saturated carbocycles. The minimum atomic E-state index is -0.957. The molecule has 1 aromatic rings. The molecule has 5 heteroatoms. The van der Waals surface area contributed by atoms with Crippen molar-refractivity contribution < 1.29 is 14.6 Å². The van der Waals surface area contributed by atoms with E-state index in [4.69, 9.17) is 4.74 Å². The van der Waals surface area contributed by atoms with E-state index in [1.54, 1.807) is 14.0 Å². The number of nitrogens with one attached hydrogen (secondary N) is 2. The molecule has 3 N–H and O–H groups in total. The smallest absolute Gasteiger partial charge is 0.251 e. The van der Waals surface area contributed by atoms with E-state index >= 15 is 0 Å². The topological polar surface area (TPSA) is 70.6 Å². The van der Waals surface area contributed by atoms with E-state index in [0.29, 0.717) is 18.6 Å². The summed E-state index contributed by atoms with van der Waals surface area (Å²) in [7, 11) is 1.59. The fraction of sp³-hybridized carbons (Fsp3) is 0.562. The first-order chi connectivity index (χ1) is 10.0. The molecule has 5 nitrogen and oxygen atoms in total. The van der Waals surface area contributed by atoms with Crippen molar-refractivity contribution >= 4 is 5.91 Å². The van der Waals surface area contributed by atoms with Gasteiger partial charge in [0.1, 0.15) is 0 Å². The molecule has 0 saturated heterocycles. The molecule has 2 rings (SSSR count). The van der Waals surface area contributed by atoms with E-state index in [-0.39, 0.29) is 12.5 Å². The van der Waals surface area contributed by atoms with Crippen LogP contribution in [0.4, 0.5) is 0 Å². The second kappa shape index (κ2) is 7.02. The zero-order valence-electron chi connectivity index (χ0n) is 12.7. The molecule has 1 heterocycles. The van der Waals surface area contributed by atoms with Crippen molar-refractivity contribution in [3.8, 4) is 0 Å². The number of fused-ring (bicyclic) bond motifs is 1. The van der Waals surface area contributed by atoms with Gasteiger partial charge in [-0.2, -0.15) is 0 Å². The Morgan fingerprint density at radius 1 is 1.48 bits per heavy atom. The van der Waals surface area contributed by atoms with Crippen molar-refractivity contribution in [3.05, 3.63) is 34.9 Å². The first-order valence-electron chi connectivity index (χ1n) is 7.34. The maximum atomic E-state index is 12.2. The van der Waals surface area contributed by atoms with Crippen molar-refractivity contribution in [1.29, 1.82) is 0 Å². The Hall–Kier alpha value is -1.43. The molecule has 116 valence electrons. The molecule has 0 aliphatic carbocycles. The van der Waals surface area contributed by atoms with Crippen molar-refractivity contribution in [2.75, 3.05) is 26.8 Å². The lowest BCUT2D eigenvalue weighted by atomic mass is 9.98. The average Bonchev–Trinajstić information content (AvgIpc) is 2.50. The summed E-state index contributed by atoms with van der Waals surface area (Å²) in [6, 6.07) is 5.80. The van der Waals surface area contributed by atoms with Crippen LogP contribution >= 0.6 is 0 Å². The summed E-state index contributed by atoms with van der Waals surface area (Å²) in [5.74, 6) is -0.152. The van der Waals surface area contributed by atoms with Gasteiger partial charge in [0.05, 0.1) is 5.60 Å². The highest BCUT2D eigenvalue weighted by atomic mass is 16.5. The normalized spacial score (nSPS) is 16.9. The third-order valence-corrected chi connectivity index (χ3v) is 3.83. The lowest BCUT2D eigenvalue weighted by Gasteiger charge is -2.23. The third kappa shape index (κ3) is 4.52. The maximum absolute atomic E-state index is 12.2. The lowest BCUT2D eigenvalue weighted by Crippen LogP contribution is -2.41. The Morgan fingerprint density at radius 3 is 3.05 bits per heavy atom. The quantitative estimate of drug-likeness (QED) is 0.727. The molecule has 21 heavy (non-hydrogen) atoms. The van der Waals surface area contributed by atoms with E-state index < -0.39 is 5.60 Å². The number of rotatable bonds is 6. The molecule has 1 aliphatic rings. The van der Waals surface area contributed by atoms with E-state index in [9.17, 15) is 9.90 Å². The molecule has 0 aromatic heterocycles. The minimum Gasteiger partial charge on any atom is -0.388 e. The SMILES string of the molecule is COCCC(C)(O)CNC(=O)c1ccc2c(c1)CNCC2. The van der Waals surface area contributed by atoms with Gasteiger partial charge in [0.2, 0.25) is 0 Å². The summed E-state index contributed by atoms with van der Waals surface area (Å²) in [4.78, 5) is 12.2. The Balaban J connectivity index is 1.94. The van der Waals surface area contributed by atoms with Crippen LogP contribution in [0.5, 0.6) is 0 Å². The second-order valence-corrected chi connectivity index (χ2v) is 5.83. The predicted molar refractivity (Wildman–Crippen MR) is 81.3 cm³/mol. The molecule has 1 aliphatic heterocycles. The van der Waals surface area contributed by atoms with Crippen LogP contribution in [0.15, 0.2) is 18.2 Å². The molecule has 0 bridgehead atoms. The van der Waals surface area contributed by atoms with Gasteiger partial charge < -0.3 is 20.5 Å². The van der Waals surface area contributed by atoms with Gasteiger partial charge in [0.25, 0.3) is 5.91 Å².